The predicted octanol–water partition coefficient (Wildman–Crippen LogP) is 2.63. The van der Waals surface area contributed by atoms with E-state index in [9.17, 15) is 9.59 Å². The van der Waals surface area contributed by atoms with Crippen molar-refractivity contribution in [2.75, 3.05) is 5.73 Å². The molecular weight excluding hydrogens is 284 g/mol. The molecule has 3 N–H and O–H groups in total. The van der Waals surface area contributed by atoms with Gasteiger partial charge in [-0.3, -0.25) is 4.79 Å². The summed E-state index contributed by atoms with van der Waals surface area (Å²) in [5.74, 6) is -0.224. The van der Waals surface area contributed by atoms with Crippen LogP contribution in [0.25, 0.3) is 10.9 Å². The second-order valence-corrected chi connectivity index (χ2v) is 5.13. The van der Waals surface area contributed by atoms with Crippen LogP contribution in [0.3, 0.4) is 0 Å². The lowest BCUT2D eigenvalue weighted by molar-refractivity contribution is 0.143. The number of carboxylic acid groups (broad SMARTS) is 1. The molecule has 104 valence electrons. The van der Waals surface area contributed by atoms with Gasteiger partial charge in [-0.05, 0) is 25.0 Å². The Bertz CT molecular complexity index is 780. The number of hydrogen-bond acceptors (Lipinski definition) is 4. The molecule has 6 nitrogen and oxygen atoms in total. The fourth-order valence-corrected chi connectivity index (χ4v) is 2.35. The van der Waals surface area contributed by atoms with E-state index < -0.39 is 11.6 Å². The normalized spacial score (nSPS) is 14.4. The van der Waals surface area contributed by atoms with Crippen LogP contribution in [0.1, 0.15) is 18.9 Å². The fourth-order valence-electron chi connectivity index (χ4n) is 2.18. The van der Waals surface area contributed by atoms with E-state index >= 15 is 0 Å². The molecule has 1 aliphatic rings. The van der Waals surface area contributed by atoms with Crippen LogP contribution in [0.5, 0.6) is 5.75 Å². The van der Waals surface area contributed by atoms with E-state index in [0.717, 1.165) is 12.8 Å². The summed E-state index contributed by atoms with van der Waals surface area (Å²) in [6.45, 7) is 0. The molecule has 1 heterocycles. The summed E-state index contributed by atoms with van der Waals surface area (Å²) in [6, 6.07) is 3.30. The number of rotatable bonds is 2. The molecule has 0 aliphatic heterocycles. The van der Waals surface area contributed by atoms with Gasteiger partial charge in [0.1, 0.15) is 0 Å². The minimum atomic E-state index is -1.52. The van der Waals surface area contributed by atoms with Crippen molar-refractivity contribution < 1.29 is 14.6 Å². The molecule has 2 aromatic rings. The van der Waals surface area contributed by atoms with E-state index in [-0.39, 0.29) is 16.8 Å². The van der Waals surface area contributed by atoms with Crippen LogP contribution >= 0.6 is 11.6 Å². The van der Waals surface area contributed by atoms with Gasteiger partial charge < -0.3 is 20.1 Å². The van der Waals surface area contributed by atoms with E-state index in [1.54, 1.807) is 6.07 Å². The maximum absolute atomic E-state index is 12.2. The number of ether oxygens (including phenoxy) is 1. The number of nitrogens with two attached hydrogens (primary N) is 1. The van der Waals surface area contributed by atoms with E-state index in [4.69, 9.17) is 22.4 Å². The molecule has 0 amide bonds. The average molecular weight is 295 g/mol. The molecule has 0 radical (unpaired) electrons. The van der Waals surface area contributed by atoms with E-state index in [2.05, 4.69) is 4.74 Å². The van der Waals surface area contributed by atoms with E-state index in [1.807, 2.05) is 4.57 Å². The zero-order valence-electron chi connectivity index (χ0n) is 10.3. The number of halogens is 1. The van der Waals surface area contributed by atoms with Crippen molar-refractivity contribution in [1.82, 2.24) is 4.57 Å². The Morgan fingerprint density at radius 1 is 1.45 bits per heavy atom. The third-order valence-electron chi connectivity index (χ3n) is 3.26. The molecule has 1 aromatic carbocycles. The number of nitrogen functional groups attached to an aromatic ring is 1. The van der Waals surface area contributed by atoms with Gasteiger partial charge in [-0.2, -0.15) is 0 Å². The highest BCUT2D eigenvalue weighted by Gasteiger charge is 2.26. The summed E-state index contributed by atoms with van der Waals surface area (Å²) < 4.78 is 6.37. The number of fused-ring (bicyclic) bond motifs is 1. The molecule has 1 saturated carbocycles. The Kier molecular flexibility index (Phi) is 2.83. The molecule has 3 rings (SSSR count). The van der Waals surface area contributed by atoms with Gasteiger partial charge in [0.25, 0.3) is 0 Å². The molecule has 0 atom stereocenters. The van der Waals surface area contributed by atoms with Crippen LogP contribution in [0.15, 0.2) is 23.1 Å². The third-order valence-corrected chi connectivity index (χ3v) is 3.58. The Balaban J connectivity index is 2.33. The number of benzene rings is 1. The van der Waals surface area contributed by atoms with Gasteiger partial charge >= 0.3 is 6.16 Å². The lowest BCUT2D eigenvalue weighted by Crippen LogP contribution is -2.16. The summed E-state index contributed by atoms with van der Waals surface area (Å²) in [7, 11) is 0. The number of pyridine rings is 1. The molecule has 1 aromatic heterocycles. The second kappa shape index (κ2) is 4.42. The van der Waals surface area contributed by atoms with Crippen LogP contribution in [-0.2, 0) is 0 Å². The quantitative estimate of drug-likeness (QED) is 0.656. The minimum Gasteiger partial charge on any atom is -0.449 e. The monoisotopic (exact) mass is 294 g/mol. The van der Waals surface area contributed by atoms with Gasteiger partial charge in [0.05, 0.1) is 27.8 Å². The van der Waals surface area contributed by atoms with Crippen molar-refractivity contribution in [2.24, 2.45) is 0 Å². The molecule has 0 saturated heterocycles. The molecule has 20 heavy (non-hydrogen) atoms. The van der Waals surface area contributed by atoms with Gasteiger partial charge in [0.2, 0.25) is 5.43 Å². The number of hydrogen-bond donors (Lipinski definition) is 2. The van der Waals surface area contributed by atoms with Gasteiger partial charge in [-0.1, -0.05) is 11.6 Å². The van der Waals surface area contributed by atoms with Crippen LogP contribution in [0.2, 0.25) is 5.02 Å². The lowest BCUT2D eigenvalue weighted by atomic mass is 10.1. The minimum absolute atomic E-state index is 0.224. The van der Waals surface area contributed by atoms with E-state index in [1.165, 1.54) is 12.3 Å². The predicted molar refractivity (Wildman–Crippen MR) is 74.6 cm³/mol. The highest BCUT2D eigenvalue weighted by Crippen LogP contribution is 2.38. The highest BCUT2D eigenvalue weighted by molar-refractivity contribution is 6.33. The number of anilines is 1. The Labute approximate surface area is 118 Å². The summed E-state index contributed by atoms with van der Waals surface area (Å²) >= 11 is 5.93. The van der Waals surface area contributed by atoms with Crippen molar-refractivity contribution >= 4 is 34.3 Å². The maximum atomic E-state index is 12.2. The first-order valence-electron chi connectivity index (χ1n) is 6.02. The third kappa shape index (κ3) is 2.08. The maximum Gasteiger partial charge on any atom is 0.511 e. The molecule has 0 spiro atoms. The SMILES string of the molecule is Nc1cc2c(cc1Cl)c(=O)c(OC(=O)O)cn2C1CC1. The lowest BCUT2D eigenvalue weighted by Gasteiger charge is -2.13. The largest absolute Gasteiger partial charge is 0.511 e. The molecule has 7 heteroatoms. The van der Waals surface area contributed by atoms with Crippen molar-refractivity contribution in [3.8, 4) is 5.75 Å². The zero-order valence-corrected chi connectivity index (χ0v) is 11.1. The van der Waals surface area contributed by atoms with Crippen molar-refractivity contribution in [3.05, 3.63) is 33.6 Å². The Morgan fingerprint density at radius 2 is 2.15 bits per heavy atom. The zero-order chi connectivity index (χ0) is 14.4. The van der Waals surface area contributed by atoms with Gasteiger partial charge in [0.15, 0.2) is 5.75 Å². The fraction of sp³-hybridized carbons (Fsp3) is 0.231. The van der Waals surface area contributed by atoms with Crippen molar-refractivity contribution in [3.63, 3.8) is 0 Å². The average Bonchev–Trinajstić information content (AvgIpc) is 3.19. The van der Waals surface area contributed by atoms with Crippen LogP contribution in [0, 0.1) is 0 Å². The Hall–Kier alpha value is -2.21. The summed E-state index contributed by atoms with van der Waals surface area (Å²) in [6.07, 6.45) is 1.83. The summed E-state index contributed by atoms with van der Waals surface area (Å²) in [5.41, 5.74) is 6.27. The smallest absolute Gasteiger partial charge is 0.449 e. The molecule has 0 unspecified atom stereocenters. The van der Waals surface area contributed by atoms with Crippen LogP contribution in [-0.4, -0.2) is 15.8 Å². The Morgan fingerprint density at radius 3 is 2.75 bits per heavy atom. The van der Waals surface area contributed by atoms with Gasteiger partial charge in [-0.15, -0.1) is 0 Å². The number of nitrogens with zero attached hydrogens (tertiary/aromatic N) is 1. The highest BCUT2D eigenvalue weighted by atomic mass is 35.5. The summed E-state index contributed by atoms with van der Waals surface area (Å²) in [4.78, 5) is 22.9. The molecular formula is C13H11ClN2O4. The van der Waals surface area contributed by atoms with E-state index in [0.29, 0.717) is 16.6 Å². The molecule has 1 aliphatic carbocycles. The molecule has 0 bridgehead atoms. The van der Waals surface area contributed by atoms with Crippen molar-refractivity contribution in [1.29, 1.82) is 0 Å². The van der Waals surface area contributed by atoms with Crippen LogP contribution in [0.4, 0.5) is 10.5 Å². The first kappa shape index (κ1) is 12.8. The summed E-state index contributed by atoms with van der Waals surface area (Å²) in [5, 5.41) is 9.25. The first-order chi connectivity index (χ1) is 9.47. The second-order valence-electron chi connectivity index (χ2n) is 4.72. The first-order valence-corrected chi connectivity index (χ1v) is 6.40. The number of carbonyl (C=O) groups is 1. The van der Waals surface area contributed by atoms with Crippen LogP contribution < -0.4 is 15.9 Å². The standard InChI is InChI=1S/C13H11ClN2O4/c14-8-3-7-10(4-9(8)15)16(6-1-2-6)5-11(12(7)17)20-13(18)19/h3-6H,1-2,15H2,(H,18,19). The van der Waals surface area contributed by atoms with Gasteiger partial charge in [-0.25, -0.2) is 4.79 Å². The topological polar surface area (TPSA) is 94.6 Å². The van der Waals surface area contributed by atoms with Crippen molar-refractivity contribution in [2.45, 2.75) is 18.9 Å². The number of aromatic nitrogens is 1. The van der Waals surface area contributed by atoms with Gasteiger partial charge in [0, 0.05) is 6.04 Å². The molecule has 1 fully saturated rings.